The molecule has 0 bridgehead atoms. The fourth-order valence-corrected chi connectivity index (χ4v) is 5.85. The fourth-order valence-electron chi connectivity index (χ4n) is 3.89. The molecule has 1 aromatic heterocycles. The van der Waals surface area contributed by atoms with Crippen molar-refractivity contribution in [3.63, 3.8) is 0 Å². The number of carbonyl (C=O) groups excluding carboxylic acids is 1. The lowest BCUT2D eigenvalue weighted by atomic mass is 10.2. The van der Waals surface area contributed by atoms with E-state index in [0.717, 1.165) is 71.7 Å². The monoisotopic (exact) mass is 485 g/mol. The summed E-state index contributed by atoms with van der Waals surface area (Å²) in [7, 11) is 1.66. The Bertz CT molecular complexity index is 1050. The van der Waals surface area contributed by atoms with Gasteiger partial charge in [0.1, 0.15) is 11.3 Å². The number of thiazole rings is 1. The number of nitrogens with zero attached hydrogens (tertiary/aromatic N) is 3. The van der Waals surface area contributed by atoms with Crippen LogP contribution < -0.4 is 9.64 Å². The Balaban J connectivity index is 1.48. The topological polar surface area (TPSA) is 54.9 Å². The molecule has 2 heterocycles. The van der Waals surface area contributed by atoms with E-state index in [2.05, 4.69) is 24.0 Å². The number of benzene rings is 2. The molecular formula is C25H31N3O3S2. The van der Waals surface area contributed by atoms with Gasteiger partial charge >= 0.3 is 0 Å². The van der Waals surface area contributed by atoms with Crippen molar-refractivity contribution in [1.29, 1.82) is 0 Å². The summed E-state index contributed by atoms with van der Waals surface area (Å²) in [6.07, 6.45) is 1.38. The number of hydrogen-bond donors (Lipinski definition) is 0. The average molecular weight is 486 g/mol. The third-order valence-corrected chi connectivity index (χ3v) is 7.96. The number of fused-ring (bicyclic) bond motifs is 1. The van der Waals surface area contributed by atoms with Crippen molar-refractivity contribution in [2.45, 2.75) is 24.7 Å². The van der Waals surface area contributed by atoms with Crippen LogP contribution in [-0.2, 0) is 9.53 Å². The van der Waals surface area contributed by atoms with Gasteiger partial charge in [-0.2, -0.15) is 0 Å². The van der Waals surface area contributed by atoms with Crippen LogP contribution >= 0.6 is 23.1 Å². The van der Waals surface area contributed by atoms with Crippen molar-refractivity contribution in [2.75, 3.05) is 57.2 Å². The third kappa shape index (κ3) is 6.26. The smallest absolute Gasteiger partial charge is 0.229 e. The van der Waals surface area contributed by atoms with E-state index in [1.807, 2.05) is 35.2 Å². The summed E-state index contributed by atoms with van der Waals surface area (Å²) in [5.74, 6) is 1.62. The maximum absolute atomic E-state index is 13.3. The van der Waals surface area contributed by atoms with Crippen LogP contribution in [0.2, 0.25) is 0 Å². The summed E-state index contributed by atoms with van der Waals surface area (Å²) in [5.41, 5.74) is 1.98. The minimum Gasteiger partial charge on any atom is -0.494 e. The second-order valence-electron chi connectivity index (χ2n) is 8.02. The maximum atomic E-state index is 13.3. The minimum absolute atomic E-state index is 0.121. The number of ether oxygens (including phenoxy) is 2. The van der Waals surface area contributed by atoms with E-state index in [1.54, 1.807) is 30.2 Å². The van der Waals surface area contributed by atoms with Crippen LogP contribution in [0.1, 0.15) is 18.4 Å². The number of thioether (sulfide) groups is 1. The second-order valence-corrected chi connectivity index (χ2v) is 10.2. The van der Waals surface area contributed by atoms with Gasteiger partial charge in [-0.15, -0.1) is 11.8 Å². The van der Waals surface area contributed by atoms with Gasteiger partial charge in [-0.25, -0.2) is 4.98 Å². The van der Waals surface area contributed by atoms with Crippen LogP contribution in [-0.4, -0.2) is 68.0 Å². The number of methoxy groups -OCH3 is 1. The molecule has 0 spiro atoms. The molecule has 0 N–H and O–H groups in total. The summed E-state index contributed by atoms with van der Waals surface area (Å²) in [6, 6.07) is 14.2. The van der Waals surface area contributed by atoms with Gasteiger partial charge in [0.05, 0.1) is 25.0 Å². The molecule has 2 aromatic carbocycles. The van der Waals surface area contributed by atoms with Crippen LogP contribution in [0.4, 0.5) is 5.13 Å². The van der Waals surface area contributed by atoms with Gasteiger partial charge in [0.2, 0.25) is 5.91 Å². The molecule has 1 aliphatic heterocycles. The first-order chi connectivity index (χ1) is 16.2. The lowest BCUT2D eigenvalue weighted by Gasteiger charge is -2.27. The number of hydrogen-bond acceptors (Lipinski definition) is 7. The summed E-state index contributed by atoms with van der Waals surface area (Å²) < 4.78 is 12.1. The number of amides is 1. The van der Waals surface area contributed by atoms with Crippen LogP contribution in [0, 0.1) is 6.92 Å². The molecule has 0 saturated carbocycles. The maximum Gasteiger partial charge on any atom is 0.229 e. The van der Waals surface area contributed by atoms with Crippen molar-refractivity contribution in [1.82, 2.24) is 9.88 Å². The standard InChI is InChI=1S/C25H31N3O3S2/c1-19-9-10-21(30-2)23-24(19)33-25(26-23)28(13-6-12-27-14-16-31-17-15-27)22(29)11-18-32-20-7-4-3-5-8-20/h3-5,7-10H,6,11-18H2,1-2H3. The van der Waals surface area contributed by atoms with Crippen LogP contribution in [0.5, 0.6) is 5.75 Å². The molecule has 176 valence electrons. The van der Waals surface area contributed by atoms with Crippen molar-refractivity contribution < 1.29 is 14.3 Å². The first-order valence-corrected chi connectivity index (χ1v) is 13.2. The average Bonchev–Trinajstić information content (AvgIpc) is 3.29. The molecule has 3 aromatic rings. The zero-order valence-electron chi connectivity index (χ0n) is 19.3. The molecule has 4 rings (SSSR count). The Hall–Kier alpha value is -2.13. The molecule has 1 fully saturated rings. The Labute approximate surface area is 203 Å². The van der Waals surface area contributed by atoms with Gasteiger partial charge in [-0.1, -0.05) is 35.6 Å². The predicted molar refractivity (Wildman–Crippen MR) is 137 cm³/mol. The SMILES string of the molecule is COc1ccc(C)c2sc(N(CCCN3CCOCC3)C(=O)CCSc3ccccc3)nc12. The molecule has 1 saturated heterocycles. The van der Waals surface area contributed by atoms with Gasteiger partial charge in [-0.05, 0) is 37.1 Å². The van der Waals surface area contributed by atoms with E-state index in [9.17, 15) is 4.79 Å². The van der Waals surface area contributed by atoms with Crippen LogP contribution in [0.15, 0.2) is 47.4 Å². The second kappa shape index (κ2) is 11.8. The quantitative estimate of drug-likeness (QED) is 0.383. The molecule has 1 amide bonds. The zero-order valence-corrected chi connectivity index (χ0v) is 20.9. The highest BCUT2D eigenvalue weighted by atomic mass is 32.2. The Morgan fingerprint density at radius 1 is 1.21 bits per heavy atom. The fraction of sp³-hybridized carbons (Fsp3) is 0.440. The molecule has 0 radical (unpaired) electrons. The number of morpholine rings is 1. The van der Waals surface area contributed by atoms with Crippen molar-refractivity contribution in [3.8, 4) is 5.75 Å². The number of rotatable bonds is 10. The largest absolute Gasteiger partial charge is 0.494 e. The molecule has 6 nitrogen and oxygen atoms in total. The lowest BCUT2D eigenvalue weighted by molar-refractivity contribution is -0.118. The van der Waals surface area contributed by atoms with Gasteiger partial charge < -0.3 is 9.47 Å². The van der Waals surface area contributed by atoms with E-state index >= 15 is 0 Å². The summed E-state index contributed by atoms with van der Waals surface area (Å²) in [4.78, 5) is 23.7. The van der Waals surface area contributed by atoms with Gasteiger partial charge in [0.15, 0.2) is 5.13 Å². The number of aromatic nitrogens is 1. The molecule has 0 atom stereocenters. The Kier molecular flexibility index (Phi) is 8.61. The molecule has 0 aliphatic carbocycles. The molecule has 8 heteroatoms. The normalized spacial score (nSPS) is 14.5. The minimum atomic E-state index is 0.121. The Morgan fingerprint density at radius 3 is 2.76 bits per heavy atom. The zero-order chi connectivity index (χ0) is 23.0. The summed E-state index contributed by atoms with van der Waals surface area (Å²) in [5, 5.41) is 0.759. The molecule has 0 unspecified atom stereocenters. The predicted octanol–water partition coefficient (Wildman–Crippen LogP) is 4.85. The highest BCUT2D eigenvalue weighted by Crippen LogP contribution is 2.36. The summed E-state index contributed by atoms with van der Waals surface area (Å²) >= 11 is 3.29. The van der Waals surface area contributed by atoms with Crippen LogP contribution in [0.25, 0.3) is 10.2 Å². The van der Waals surface area contributed by atoms with Crippen molar-refractivity contribution in [2.24, 2.45) is 0 Å². The summed E-state index contributed by atoms with van der Waals surface area (Å²) in [6.45, 7) is 7.18. The lowest BCUT2D eigenvalue weighted by Crippen LogP contribution is -2.39. The molecule has 1 aliphatic rings. The van der Waals surface area contributed by atoms with E-state index in [1.165, 1.54) is 4.90 Å². The number of aryl methyl sites for hydroxylation is 1. The highest BCUT2D eigenvalue weighted by molar-refractivity contribution is 7.99. The van der Waals surface area contributed by atoms with Gasteiger partial charge in [0, 0.05) is 43.2 Å². The van der Waals surface area contributed by atoms with E-state index < -0.39 is 0 Å². The number of anilines is 1. The Morgan fingerprint density at radius 2 is 2.00 bits per heavy atom. The molecular weight excluding hydrogens is 454 g/mol. The van der Waals surface area contributed by atoms with Crippen molar-refractivity contribution >= 4 is 44.4 Å². The molecule has 33 heavy (non-hydrogen) atoms. The van der Waals surface area contributed by atoms with Crippen LogP contribution in [0.3, 0.4) is 0 Å². The first kappa shape index (κ1) is 24.0. The van der Waals surface area contributed by atoms with E-state index in [4.69, 9.17) is 14.5 Å². The van der Waals surface area contributed by atoms with Crippen molar-refractivity contribution in [3.05, 3.63) is 48.0 Å². The third-order valence-electron chi connectivity index (χ3n) is 5.73. The first-order valence-electron chi connectivity index (χ1n) is 11.4. The van der Waals surface area contributed by atoms with E-state index in [0.29, 0.717) is 13.0 Å². The van der Waals surface area contributed by atoms with E-state index in [-0.39, 0.29) is 5.91 Å². The number of carbonyl (C=O) groups is 1. The van der Waals surface area contributed by atoms with Gasteiger partial charge in [0.25, 0.3) is 0 Å². The van der Waals surface area contributed by atoms with Gasteiger partial charge in [-0.3, -0.25) is 14.6 Å². The highest BCUT2D eigenvalue weighted by Gasteiger charge is 2.22.